The molecule has 1 N–H and O–H groups in total. The predicted octanol–water partition coefficient (Wildman–Crippen LogP) is 0.842. The normalized spacial score (nSPS) is 25.1. The highest BCUT2D eigenvalue weighted by Crippen LogP contribution is 2.29. The van der Waals surface area contributed by atoms with Crippen LogP contribution in [0.2, 0.25) is 0 Å². The average molecular weight is 207 g/mol. The molecule has 0 radical (unpaired) electrons. The molecule has 1 atom stereocenters. The Kier molecular flexibility index (Phi) is 2.64. The highest BCUT2D eigenvalue weighted by atomic mass is 16.5. The maximum Gasteiger partial charge on any atom is 0.232 e. The average Bonchev–Trinajstić information content (AvgIpc) is 2.68. The topological polar surface area (TPSA) is 64.1 Å². The van der Waals surface area contributed by atoms with Crippen LogP contribution in [0.15, 0.2) is 18.7 Å². The Balaban J connectivity index is 2.04. The standard InChI is InChI=1S/C10H13N3O2/c1-10(2-3-15-6-10)9(14)13-8-4-11-7-12-5-8/h4-5,7H,2-3,6H2,1H3,(H,13,14). The van der Waals surface area contributed by atoms with Gasteiger partial charge in [-0.15, -0.1) is 0 Å². The summed E-state index contributed by atoms with van der Waals surface area (Å²) in [5.74, 6) is -0.0326. The number of hydrogen-bond donors (Lipinski definition) is 1. The third kappa shape index (κ3) is 2.12. The van der Waals surface area contributed by atoms with E-state index in [1.807, 2.05) is 6.92 Å². The molecule has 1 aromatic heterocycles. The molecule has 1 amide bonds. The summed E-state index contributed by atoms with van der Waals surface area (Å²) in [4.78, 5) is 19.5. The Hall–Kier alpha value is -1.49. The zero-order valence-corrected chi connectivity index (χ0v) is 8.56. The molecule has 2 heterocycles. The van der Waals surface area contributed by atoms with E-state index in [9.17, 15) is 4.79 Å². The Morgan fingerprint density at radius 3 is 2.87 bits per heavy atom. The molecule has 15 heavy (non-hydrogen) atoms. The lowest BCUT2D eigenvalue weighted by Crippen LogP contribution is -2.33. The molecule has 0 saturated carbocycles. The highest BCUT2D eigenvalue weighted by Gasteiger charge is 2.37. The first kappa shape index (κ1) is 10.0. The van der Waals surface area contributed by atoms with Gasteiger partial charge in [-0.2, -0.15) is 0 Å². The minimum absolute atomic E-state index is 0.0326. The fourth-order valence-corrected chi connectivity index (χ4v) is 1.49. The SMILES string of the molecule is CC1(C(=O)Nc2cncnc2)CCOC1. The van der Waals surface area contributed by atoms with E-state index in [4.69, 9.17) is 4.74 Å². The number of carbonyl (C=O) groups excluding carboxylic acids is 1. The summed E-state index contributed by atoms with van der Waals surface area (Å²) in [6.07, 6.45) is 5.33. The van der Waals surface area contributed by atoms with Crippen LogP contribution in [0.5, 0.6) is 0 Å². The van der Waals surface area contributed by atoms with Gasteiger partial charge in [0.05, 0.1) is 30.1 Å². The molecule has 80 valence electrons. The van der Waals surface area contributed by atoms with Crippen molar-refractivity contribution >= 4 is 11.6 Å². The lowest BCUT2D eigenvalue weighted by molar-refractivity contribution is -0.124. The highest BCUT2D eigenvalue weighted by molar-refractivity contribution is 5.95. The number of hydrogen-bond acceptors (Lipinski definition) is 4. The summed E-state index contributed by atoms with van der Waals surface area (Å²) >= 11 is 0. The van der Waals surface area contributed by atoms with Crippen molar-refractivity contribution in [2.24, 2.45) is 5.41 Å². The van der Waals surface area contributed by atoms with E-state index < -0.39 is 5.41 Å². The minimum atomic E-state index is -0.421. The second-order valence-electron chi connectivity index (χ2n) is 3.94. The first-order chi connectivity index (χ1) is 7.21. The van der Waals surface area contributed by atoms with Crippen molar-refractivity contribution in [2.75, 3.05) is 18.5 Å². The van der Waals surface area contributed by atoms with Gasteiger partial charge < -0.3 is 10.1 Å². The van der Waals surface area contributed by atoms with Gasteiger partial charge in [-0.05, 0) is 13.3 Å². The van der Waals surface area contributed by atoms with Gasteiger partial charge in [-0.1, -0.05) is 0 Å². The van der Waals surface area contributed by atoms with Gasteiger partial charge in [0.25, 0.3) is 0 Å². The minimum Gasteiger partial charge on any atom is -0.380 e. The number of anilines is 1. The van der Waals surface area contributed by atoms with Crippen molar-refractivity contribution in [1.29, 1.82) is 0 Å². The van der Waals surface area contributed by atoms with Crippen LogP contribution in [-0.4, -0.2) is 29.1 Å². The number of nitrogens with one attached hydrogen (secondary N) is 1. The first-order valence-corrected chi connectivity index (χ1v) is 4.85. The molecular weight excluding hydrogens is 194 g/mol. The van der Waals surface area contributed by atoms with E-state index in [0.29, 0.717) is 18.9 Å². The summed E-state index contributed by atoms with van der Waals surface area (Å²) in [7, 11) is 0. The molecule has 0 spiro atoms. The molecule has 1 fully saturated rings. The van der Waals surface area contributed by atoms with Gasteiger partial charge in [-0.25, -0.2) is 9.97 Å². The van der Waals surface area contributed by atoms with Crippen molar-refractivity contribution in [1.82, 2.24) is 9.97 Å². The molecule has 1 aromatic rings. The monoisotopic (exact) mass is 207 g/mol. The van der Waals surface area contributed by atoms with Crippen molar-refractivity contribution in [3.05, 3.63) is 18.7 Å². The molecule has 2 rings (SSSR count). The van der Waals surface area contributed by atoms with Gasteiger partial charge in [0.1, 0.15) is 6.33 Å². The number of rotatable bonds is 2. The van der Waals surface area contributed by atoms with Crippen LogP contribution >= 0.6 is 0 Å². The van der Waals surface area contributed by atoms with Crippen molar-refractivity contribution < 1.29 is 9.53 Å². The number of aromatic nitrogens is 2. The van der Waals surface area contributed by atoms with E-state index in [0.717, 1.165) is 6.42 Å². The molecule has 0 aromatic carbocycles. The van der Waals surface area contributed by atoms with E-state index in [1.54, 1.807) is 12.4 Å². The fourth-order valence-electron chi connectivity index (χ4n) is 1.49. The van der Waals surface area contributed by atoms with Crippen LogP contribution in [0, 0.1) is 5.41 Å². The molecule has 1 saturated heterocycles. The Labute approximate surface area is 87.9 Å². The van der Waals surface area contributed by atoms with Crippen LogP contribution in [0.25, 0.3) is 0 Å². The lowest BCUT2D eigenvalue weighted by atomic mass is 9.89. The van der Waals surface area contributed by atoms with Crippen LogP contribution in [0.4, 0.5) is 5.69 Å². The van der Waals surface area contributed by atoms with E-state index in [1.165, 1.54) is 6.33 Å². The number of carbonyl (C=O) groups is 1. The summed E-state index contributed by atoms with van der Waals surface area (Å²) in [6, 6.07) is 0. The molecule has 1 aliphatic rings. The zero-order valence-electron chi connectivity index (χ0n) is 8.56. The van der Waals surface area contributed by atoms with Crippen molar-refractivity contribution in [3.8, 4) is 0 Å². The third-order valence-corrected chi connectivity index (χ3v) is 2.59. The molecule has 0 bridgehead atoms. The predicted molar refractivity (Wildman–Crippen MR) is 54.2 cm³/mol. The molecule has 1 unspecified atom stereocenters. The van der Waals surface area contributed by atoms with Gasteiger partial charge in [0.15, 0.2) is 0 Å². The summed E-state index contributed by atoms with van der Waals surface area (Å²) in [6.45, 7) is 3.03. The van der Waals surface area contributed by atoms with Gasteiger partial charge >= 0.3 is 0 Å². The smallest absolute Gasteiger partial charge is 0.232 e. The second kappa shape index (κ2) is 3.94. The Bertz CT molecular complexity index is 347. The van der Waals surface area contributed by atoms with Crippen LogP contribution in [-0.2, 0) is 9.53 Å². The van der Waals surface area contributed by atoms with Crippen molar-refractivity contribution in [2.45, 2.75) is 13.3 Å². The maximum atomic E-state index is 11.9. The number of nitrogens with zero attached hydrogens (tertiary/aromatic N) is 2. The lowest BCUT2D eigenvalue weighted by Gasteiger charge is -2.20. The summed E-state index contributed by atoms with van der Waals surface area (Å²) in [5, 5.41) is 2.78. The second-order valence-corrected chi connectivity index (χ2v) is 3.94. The molecular formula is C10H13N3O2. The van der Waals surface area contributed by atoms with E-state index in [-0.39, 0.29) is 5.91 Å². The van der Waals surface area contributed by atoms with Gasteiger partial charge in [-0.3, -0.25) is 4.79 Å². The number of ether oxygens (including phenoxy) is 1. The Morgan fingerprint density at radius 2 is 2.27 bits per heavy atom. The van der Waals surface area contributed by atoms with Crippen LogP contribution in [0.3, 0.4) is 0 Å². The molecule has 5 heteroatoms. The maximum absolute atomic E-state index is 11.9. The first-order valence-electron chi connectivity index (χ1n) is 4.85. The van der Waals surface area contributed by atoms with Crippen molar-refractivity contribution in [3.63, 3.8) is 0 Å². The fraction of sp³-hybridized carbons (Fsp3) is 0.500. The summed E-state index contributed by atoms with van der Waals surface area (Å²) in [5.41, 5.74) is 0.200. The van der Waals surface area contributed by atoms with E-state index >= 15 is 0 Å². The van der Waals surface area contributed by atoms with E-state index in [2.05, 4.69) is 15.3 Å². The number of amides is 1. The largest absolute Gasteiger partial charge is 0.380 e. The molecule has 0 aliphatic carbocycles. The molecule has 5 nitrogen and oxygen atoms in total. The molecule has 1 aliphatic heterocycles. The Morgan fingerprint density at radius 1 is 1.53 bits per heavy atom. The van der Waals surface area contributed by atoms with Gasteiger partial charge in [0, 0.05) is 6.61 Å². The summed E-state index contributed by atoms with van der Waals surface area (Å²) < 4.78 is 5.23. The van der Waals surface area contributed by atoms with Crippen LogP contribution in [0.1, 0.15) is 13.3 Å². The van der Waals surface area contributed by atoms with Gasteiger partial charge in [0.2, 0.25) is 5.91 Å². The zero-order chi connectivity index (χ0) is 10.7. The quantitative estimate of drug-likeness (QED) is 0.780. The third-order valence-electron chi connectivity index (χ3n) is 2.59. The van der Waals surface area contributed by atoms with Crippen LogP contribution < -0.4 is 5.32 Å².